The smallest absolute Gasteiger partial charge is 0.491 e. The van der Waals surface area contributed by atoms with Crippen LogP contribution in [0, 0.1) is 5.82 Å². The quantitative estimate of drug-likeness (QED) is 0.593. The number of alkyl halides is 3. The Bertz CT molecular complexity index is 1150. The van der Waals surface area contributed by atoms with E-state index >= 15 is 0 Å². The summed E-state index contributed by atoms with van der Waals surface area (Å²) in [6.07, 6.45) is -2.15. The fourth-order valence-electron chi connectivity index (χ4n) is 3.51. The summed E-state index contributed by atoms with van der Waals surface area (Å²) in [7, 11) is 0. The van der Waals surface area contributed by atoms with E-state index in [1.807, 2.05) is 0 Å². The Morgan fingerprint density at radius 3 is 2.69 bits per heavy atom. The molecule has 4 rings (SSSR count). The summed E-state index contributed by atoms with van der Waals surface area (Å²) in [5.41, 5.74) is 5.06. The van der Waals surface area contributed by atoms with Crippen LogP contribution < -0.4 is 20.5 Å². The maximum absolute atomic E-state index is 14.6. The third-order valence-electron chi connectivity index (χ3n) is 4.91. The van der Waals surface area contributed by atoms with Gasteiger partial charge in [0, 0.05) is 12.6 Å². The summed E-state index contributed by atoms with van der Waals surface area (Å²) < 4.78 is 61.5. The summed E-state index contributed by atoms with van der Waals surface area (Å²) in [6.45, 7) is 0.135. The van der Waals surface area contributed by atoms with Crippen molar-refractivity contribution in [3.63, 3.8) is 0 Å². The number of hydrogen-bond acceptors (Lipinski definition) is 6. The molecule has 0 radical (unpaired) electrons. The number of benzene rings is 1. The molecule has 1 atom stereocenters. The van der Waals surface area contributed by atoms with E-state index in [2.05, 4.69) is 20.0 Å². The molecule has 0 bridgehead atoms. The number of carbonyl (C=O) groups is 1. The van der Waals surface area contributed by atoms with Gasteiger partial charge in [-0.2, -0.15) is 0 Å². The molecule has 1 aliphatic rings. The zero-order valence-electron chi connectivity index (χ0n) is 16.3. The average molecular weight is 448 g/mol. The highest BCUT2D eigenvalue weighted by Gasteiger charge is 2.43. The molecular formula is C21H16F4N4O3. The largest absolute Gasteiger partial charge is 0.573 e. The number of nitrogens with zero attached hydrogens (tertiary/aromatic N) is 2. The van der Waals surface area contributed by atoms with E-state index in [0.717, 1.165) is 12.1 Å². The highest BCUT2D eigenvalue weighted by molar-refractivity contribution is 5.93. The summed E-state index contributed by atoms with van der Waals surface area (Å²) in [5.74, 6) is -2.50. The number of nitrogens with two attached hydrogens (primary N) is 1. The Kier molecular flexibility index (Phi) is 5.33. The predicted octanol–water partition coefficient (Wildman–Crippen LogP) is 3.55. The molecule has 0 fully saturated rings. The second-order valence-electron chi connectivity index (χ2n) is 6.98. The van der Waals surface area contributed by atoms with Crippen LogP contribution >= 0.6 is 0 Å². The molecule has 0 spiro atoms. The molecule has 2 aromatic heterocycles. The van der Waals surface area contributed by atoms with Crippen molar-refractivity contribution in [3.8, 4) is 11.5 Å². The lowest BCUT2D eigenvalue weighted by Gasteiger charge is -2.39. The van der Waals surface area contributed by atoms with E-state index in [9.17, 15) is 22.4 Å². The monoisotopic (exact) mass is 448 g/mol. The zero-order chi connectivity index (χ0) is 22.9. The number of aromatic nitrogens is 2. The van der Waals surface area contributed by atoms with E-state index in [1.54, 1.807) is 12.1 Å². The fraction of sp³-hybridized carbons (Fsp3) is 0.190. The number of pyridine rings is 2. The van der Waals surface area contributed by atoms with Gasteiger partial charge in [0.25, 0.3) is 5.91 Å². The van der Waals surface area contributed by atoms with Crippen molar-refractivity contribution in [2.45, 2.75) is 18.3 Å². The number of nitrogens with one attached hydrogen (secondary N) is 1. The van der Waals surface area contributed by atoms with Crippen molar-refractivity contribution in [1.29, 1.82) is 0 Å². The Balaban J connectivity index is 1.80. The van der Waals surface area contributed by atoms with Crippen molar-refractivity contribution in [1.82, 2.24) is 15.3 Å². The van der Waals surface area contributed by atoms with Crippen molar-refractivity contribution in [2.75, 3.05) is 12.3 Å². The van der Waals surface area contributed by atoms with E-state index in [0.29, 0.717) is 11.4 Å². The molecular weight excluding hydrogens is 432 g/mol. The first-order valence-electron chi connectivity index (χ1n) is 9.36. The first-order chi connectivity index (χ1) is 15.2. The van der Waals surface area contributed by atoms with Gasteiger partial charge < -0.3 is 20.5 Å². The number of amides is 1. The van der Waals surface area contributed by atoms with Crippen LogP contribution in [0.25, 0.3) is 0 Å². The Hall–Kier alpha value is -3.89. The lowest BCUT2D eigenvalue weighted by atomic mass is 9.81. The molecule has 11 heteroatoms. The van der Waals surface area contributed by atoms with Gasteiger partial charge in [-0.05, 0) is 42.0 Å². The molecule has 1 aromatic carbocycles. The van der Waals surface area contributed by atoms with Crippen molar-refractivity contribution in [2.24, 2.45) is 0 Å². The second-order valence-corrected chi connectivity index (χ2v) is 6.98. The minimum absolute atomic E-state index is 0.0417. The zero-order valence-corrected chi connectivity index (χ0v) is 16.3. The van der Waals surface area contributed by atoms with Gasteiger partial charge in [-0.15, -0.1) is 13.2 Å². The first kappa shape index (κ1) is 21.3. The number of nitrogen functional groups attached to an aromatic ring is 1. The van der Waals surface area contributed by atoms with Crippen LogP contribution in [0.2, 0.25) is 0 Å². The predicted molar refractivity (Wildman–Crippen MR) is 104 cm³/mol. The fourth-order valence-corrected chi connectivity index (χ4v) is 3.51. The maximum Gasteiger partial charge on any atom is 0.573 e. The third-order valence-corrected chi connectivity index (χ3v) is 4.91. The van der Waals surface area contributed by atoms with Crippen LogP contribution in [0.15, 0.2) is 54.9 Å². The number of anilines is 1. The Morgan fingerprint density at radius 1 is 1.19 bits per heavy atom. The number of halogens is 4. The van der Waals surface area contributed by atoms with Crippen LogP contribution in [0.3, 0.4) is 0 Å². The van der Waals surface area contributed by atoms with Crippen LogP contribution in [0.5, 0.6) is 11.5 Å². The highest BCUT2D eigenvalue weighted by atomic mass is 19.4. The summed E-state index contributed by atoms with van der Waals surface area (Å²) in [5, 5.41) is 2.82. The summed E-state index contributed by atoms with van der Waals surface area (Å²) in [6, 6.07) is 9.13. The molecule has 3 heterocycles. The van der Waals surface area contributed by atoms with Gasteiger partial charge >= 0.3 is 6.36 Å². The molecule has 3 N–H and O–H groups in total. The van der Waals surface area contributed by atoms with Gasteiger partial charge in [-0.25, -0.2) is 9.37 Å². The van der Waals surface area contributed by atoms with Crippen LogP contribution in [0.4, 0.5) is 23.2 Å². The number of ether oxygens (including phenoxy) is 2. The molecule has 3 aromatic rings. The Morgan fingerprint density at radius 2 is 2.00 bits per heavy atom. The van der Waals surface area contributed by atoms with Crippen molar-refractivity contribution >= 4 is 11.6 Å². The molecule has 32 heavy (non-hydrogen) atoms. The lowest BCUT2D eigenvalue weighted by molar-refractivity contribution is -0.275. The normalized spacial score (nSPS) is 17.8. The number of rotatable bonds is 4. The molecule has 1 unspecified atom stereocenters. The number of carbonyl (C=O) groups excluding carboxylic acids is 1. The SMILES string of the molecule is Nc1ccc(C(=O)NC2(c3ccc(OC(F)(F)F)c(F)c3)CCOc3cccnc32)nc1. The highest BCUT2D eigenvalue weighted by Crippen LogP contribution is 2.42. The van der Waals surface area contributed by atoms with Gasteiger partial charge in [0.2, 0.25) is 0 Å². The van der Waals surface area contributed by atoms with Crippen LogP contribution in [0.1, 0.15) is 28.2 Å². The molecule has 1 aliphatic heterocycles. The lowest BCUT2D eigenvalue weighted by Crippen LogP contribution is -2.50. The van der Waals surface area contributed by atoms with Gasteiger partial charge in [-0.3, -0.25) is 9.78 Å². The summed E-state index contributed by atoms with van der Waals surface area (Å²) in [4.78, 5) is 21.3. The average Bonchev–Trinajstić information content (AvgIpc) is 2.75. The van der Waals surface area contributed by atoms with Crippen LogP contribution in [-0.4, -0.2) is 28.8 Å². The van der Waals surface area contributed by atoms with Crippen LogP contribution in [-0.2, 0) is 5.54 Å². The van der Waals surface area contributed by atoms with E-state index in [-0.39, 0.29) is 30.0 Å². The topological polar surface area (TPSA) is 99.4 Å². The Labute approximate surface area is 179 Å². The van der Waals surface area contributed by atoms with Gasteiger partial charge in [0.15, 0.2) is 11.6 Å². The van der Waals surface area contributed by atoms with Crippen molar-refractivity contribution in [3.05, 3.63) is 77.6 Å². The van der Waals surface area contributed by atoms with Gasteiger partial charge in [-0.1, -0.05) is 6.07 Å². The second kappa shape index (κ2) is 7.98. The summed E-state index contributed by atoms with van der Waals surface area (Å²) >= 11 is 0. The minimum Gasteiger partial charge on any atom is -0.491 e. The van der Waals surface area contributed by atoms with Crippen molar-refractivity contribution < 1.29 is 31.8 Å². The first-order valence-corrected chi connectivity index (χ1v) is 9.36. The molecule has 0 saturated carbocycles. The van der Waals surface area contributed by atoms with E-state index in [1.165, 1.54) is 30.6 Å². The molecule has 1 amide bonds. The standard InChI is InChI=1S/C21H16F4N4O3/c22-14-10-12(3-6-16(14)32-21(23,24)25)20(7-9-31-17-2-1-8-27-18(17)20)29-19(30)15-5-4-13(26)11-28-15/h1-6,8,10-11H,7,9,26H2,(H,29,30). The molecule has 166 valence electrons. The maximum atomic E-state index is 14.6. The minimum atomic E-state index is -5.05. The van der Waals surface area contributed by atoms with E-state index in [4.69, 9.17) is 10.5 Å². The third kappa shape index (κ3) is 4.13. The molecule has 0 saturated heterocycles. The van der Waals surface area contributed by atoms with E-state index < -0.39 is 29.4 Å². The number of fused-ring (bicyclic) bond motifs is 1. The van der Waals surface area contributed by atoms with Gasteiger partial charge in [0.05, 0.1) is 18.5 Å². The number of hydrogen-bond donors (Lipinski definition) is 2. The molecule has 7 nitrogen and oxygen atoms in total. The molecule has 0 aliphatic carbocycles. The van der Waals surface area contributed by atoms with Gasteiger partial charge in [0.1, 0.15) is 22.7 Å².